The molecule has 1 amide bonds. The van der Waals surface area contributed by atoms with Crippen molar-refractivity contribution in [3.8, 4) is 0 Å². The highest BCUT2D eigenvalue weighted by Gasteiger charge is 2.20. The number of aliphatic hydroxyl groups is 1. The minimum atomic E-state index is -0.308. The van der Waals surface area contributed by atoms with E-state index in [4.69, 9.17) is 5.11 Å². The third-order valence-corrected chi connectivity index (χ3v) is 3.11. The summed E-state index contributed by atoms with van der Waals surface area (Å²) >= 11 is 0. The summed E-state index contributed by atoms with van der Waals surface area (Å²) in [4.78, 5) is 11.7. The number of rotatable bonds is 6. The van der Waals surface area contributed by atoms with Crippen molar-refractivity contribution in [2.45, 2.75) is 64.1 Å². The molecule has 1 saturated carbocycles. The number of nitrogens with one attached hydrogen (secondary N) is 2. The minimum absolute atomic E-state index is 0.0810. The first-order valence-corrected chi connectivity index (χ1v) is 6.31. The molecule has 3 N–H and O–H groups in total. The standard InChI is InChI=1S/C12H24N2O2/c1-9(15)7-8-13-10(2)12(16)14-11-5-3-4-6-11/h9-11,13,15H,3-8H2,1-2H3,(H,14,16). The number of carbonyl (C=O) groups excluding carboxylic acids is 1. The van der Waals surface area contributed by atoms with E-state index in [0.717, 1.165) is 12.8 Å². The predicted octanol–water partition coefficient (Wildman–Crippen LogP) is 0.794. The van der Waals surface area contributed by atoms with Crippen LogP contribution in [0.25, 0.3) is 0 Å². The van der Waals surface area contributed by atoms with E-state index >= 15 is 0 Å². The molecule has 2 atom stereocenters. The first-order chi connectivity index (χ1) is 7.59. The molecule has 16 heavy (non-hydrogen) atoms. The second kappa shape index (κ2) is 6.86. The lowest BCUT2D eigenvalue weighted by Crippen LogP contribution is -2.46. The van der Waals surface area contributed by atoms with E-state index in [1.165, 1.54) is 12.8 Å². The summed E-state index contributed by atoms with van der Waals surface area (Å²) in [5.74, 6) is 0.0810. The van der Waals surface area contributed by atoms with Gasteiger partial charge in [-0.05, 0) is 39.7 Å². The van der Waals surface area contributed by atoms with Crippen LogP contribution in [0.5, 0.6) is 0 Å². The first kappa shape index (κ1) is 13.5. The molecule has 0 aromatic rings. The molecule has 4 heteroatoms. The van der Waals surface area contributed by atoms with Gasteiger partial charge in [0.1, 0.15) is 0 Å². The van der Waals surface area contributed by atoms with Gasteiger partial charge in [-0.25, -0.2) is 0 Å². The Hall–Kier alpha value is -0.610. The molecule has 0 heterocycles. The van der Waals surface area contributed by atoms with E-state index in [1.807, 2.05) is 6.92 Å². The second-order valence-electron chi connectivity index (χ2n) is 4.80. The topological polar surface area (TPSA) is 61.4 Å². The molecule has 0 bridgehead atoms. The van der Waals surface area contributed by atoms with Crippen LogP contribution in [-0.4, -0.2) is 35.7 Å². The SMILES string of the molecule is CC(O)CCNC(C)C(=O)NC1CCCC1. The summed E-state index contributed by atoms with van der Waals surface area (Å²) in [6.07, 6.45) is 5.07. The van der Waals surface area contributed by atoms with Gasteiger partial charge >= 0.3 is 0 Å². The molecule has 0 aliphatic heterocycles. The van der Waals surface area contributed by atoms with Gasteiger partial charge in [-0.2, -0.15) is 0 Å². The van der Waals surface area contributed by atoms with Gasteiger partial charge in [0.15, 0.2) is 0 Å². The van der Waals surface area contributed by atoms with Crippen LogP contribution >= 0.6 is 0 Å². The zero-order valence-corrected chi connectivity index (χ0v) is 10.3. The number of hydrogen-bond donors (Lipinski definition) is 3. The van der Waals surface area contributed by atoms with Gasteiger partial charge in [0.05, 0.1) is 12.1 Å². The smallest absolute Gasteiger partial charge is 0.237 e. The van der Waals surface area contributed by atoms with Crippen LogP contribution in [0, 0.1) is 0 Å². The van der Waals surface area contributed by atoms with Crippen LogP contribution in [0.2, 0.25) is 0 Å². The minimum Gasteiger partial charge on any atom is -0.393 e. The van der Waals surface area contributed by atoms with Gasteiger partial charge in [-0.3, -0.25) is 4.79 Å². The highest BCUT2D eigenvalue weighted by molar-refractivity contribution is 5.81. The molecule has 2 unspecified atom stereocenters. The number of carbonyl (C=O) groups is 1. The van der Waals surface area contributed by atoms with Gasteiger partial charge in [-0.1, -0.05) is 12.8 Å². The molecule has 0 spiro atoms. The highest BCUT2D eigenvalue weighted by atomic mass is 16.3. The van der Waals surface area contributed by atoms with E-state index in [9.17, 15) is 4.79 Å². The van der Waals surface area contributed by atoms with Crippen molar-refractivity contribution in [2.75, 3.05) is 6.54 Å². The number of hydrogen-bond acceptors (Lipinski definition) is 3. The lowest BCUT2D eigenvalue weighted by molar-refractivity contribution is -0.123. The van der Waals surface area contributed by atoms with Gasteiger partial charge in [0.25, 0.3) is 0 Å². The number of amides is 1. The summed E-state index contributed by atoms with van der Waals surface area (Å²) in [6.45, 7) is 4.30. The Labute approximate surface area is 97.8 Å². The van der Waals surface area contributed by atoms with Gasteiger partial charge in [0, 0.05) is 6.04 Å². The van der Waals surface area contributed by atoms with Crippen molar-refractivity contribution in [1.82, 2.24) is 10.6 Å². The Morgan fingerprint density at radius 3 is 2.56 bits per heavy atom. The van der Waals surface area contributed by atoms with E-state index < -0.39 is 0 Å². The average Bonchev–Trinajstić information content (AvgIpc) is 2.69. The lowest BCUT2D eigenvalue weighted by Gasteiger charge is -2.18. The summed E-state index contributed by atoms with van der Waals surface area (Å²) < 4.78 is 0. The van der Waals surface area contributed by atoms with E-state index in [2.05, 4.69) is 10.6 Å². The van der Waals surface area contributed by atoms with Gasteiger partial charge in [-0.15, -0.1) is 0 Å². The third-order valence-electron chi connectivity index (χ3n) is 3.11. The maximum atomic E-state index is 11.7. The second-order valence-corrected chi connectivity index (χ2v) is 4.80. The van der Waals surface area contributed by atoms with Crippen molar-refractivity contribution in [2.24, 2.45) is 0 Å². The van der Waals surface area contributed by atoms with Crippen LogP contribution in [0.4, 0.5) is 0 Å². The fourth-order valence-corrected chi connectivity index (χ4v) is 2.00. The van der Waals surface area contributed by atoms with Crippen LogP contribution < -0.4 is 10.6 Å². The molecule has 94 valence electrons. The maximum absolute atomic E-state index is 11.7. The molecular formula is C12H24N2O2. The van der Waals surface area contributed by atoms with Crippen molar-refractivity contribution in [3.05, 3.63) is 0 Å². The quantitative estimate of drug-likeness (QED) is 0.630. The molecule has 4 nitrogen and oxygen atoms in total. The fraction of sp³-hybridized carbons (Fsp3) is 0.917. The molecule has 1 aliphatic carbocycles. The van der Waals surface area contributed by atoms with Crippen LogP contribution in [0.1, 0.15) is 46.0 Å². The third kappa shape index (κ3) is 4.94. The first-order valence-electron chi connectivity index (χ1n) is 6.31. The zero-order chi connectivity index (χ0) is 12.0. The van der Waals surface area contributed by atoms with Crippen LogP contribution in [-0.2, 0) is 4.79 Å². The van der Waals surface area contributed by atoms with Gasteiger partial charge < -0.3 is 15.7 Å². The molecule has 0 saturated heterocycles. The lowest BCUT2D eigenvalue weighted by atomic mass is 10.2. The van der Waals surface area contributed by atoms with E-state index in [0.29, 0.717) is 19.0 Å². The molecule has 1 aliphatic rings. The Kier molecular flexibility index (Phi) is 5.77. The zero-order valence-electron chi connectivity index (χ0n) is 10.3. The average molecular weight is 228 g/mol. The van der Waals surface area contributed by atoms with Crippen molar-refractivity contribution in [1.29, 1.82) is 0 Å². The maximum Gasteiger partial charge on any atom is 0.237 e. The van der Waals surface area contributed by atoms with Gasteiger partial charge in [0.2, 0.25) is 5.91 Å². The molecule has 0 radical (unpaired) electrons. The van der Waals surface area contributed by atoms with Crippen molar-refractivity contribution < 1.29 is 9.90 Å². The van der Waals surface area contributed by atoms with E-state index in [-0.39, 0.29) is 18.1 Å². The summed E-state index contributed by atoms with van der Waals surface area (Å²) in [5.41, 5.74) is 0. The normalized spacial score (nSPS) is 20.7. The largest absolute Gasteiger partial charge is 0.393 e. The monoisotopic (exact) mass is 228 g/mol. The van der Waals surface area contributed by atoms with Crippen molar-refractivity contribution in [3.63, 3.8) is 0 Å². The Bertz CT molecular complexity index is 213. The molecular weight excluding hydrogens is 204 g/mol. The fourth-order valence-electron chi connectivity index (χ4n) is 2.00. The Balaban J connectivity index is 2.14. The predicted molar refractivity (Wildman–Crippen MR) is 64.2 cm³/mol. The van der Waals surface area contributed by atoms with E-state index in [1.54, 1.807) is 6.92 Å². The summed E-state index contributed by atoms with van der Waals surface area (Å²) in [5, 5.41) is 15.3. The highest BCUT2D eigenvalue weighted by Crippen LogP contribution is 2.17. The molecule has 1 rings (SSSR count). The van der Waals surface area contributed by atoms with Crippen LogP contribution in [0.3, 0.4) is 0 Å². The van der Waals surface area contributed by atoms with Crippen LogP contribution in [0.15, 0.2) is 0 Å². The van der Waals surface area contributed by atoms with Crippen molar-refractivity contribution >= 4 is 5.91 Å². The Morgan fingerprint density at radius 2 is 2.00 bits per heavy atom. The molecule has 0 aromatic carbocycles. The summed E-state index contributed by atoms with van der Waals surface area (Å²) in [7, 11) is 0. The molecule has 1 fully saturated rings. The molecule has 0 aromatic heterocycles. The summed E-state index contributed by atoms with van der Waals surface area (Å²) in [6, 6.07) is 0.216. The Morgan fingerprint density at radius 1 is 1.38 bits per heavy atom. The number of aliphatic hydroxyl groups excluding tert-OH is 1.